The molecule has 1 fully saturated rings. The zero-order chi connectivity index (χ0) is 14.0. The maximum atomic E-state index is 11.1. The number of rotatable bonds is 3. The average Bonchev–Trinajstić information content (AvgIpc) is 2.41. The number of aliphatic carboxylic acids is 1. The summed E-state index contributed by atoms with van der Waals surface area (Å²) in [5.74, 6) is 0.107. The van der Waals surface area contributed by atoms with Gasteiger partial charge in [-0.1, -0.05) is 12.1 Å². The van der Waals surface area contributed by atoms with E-state index in [0.717, 1.165) is 29.7 Å². The van der Waals surface area contributed by atoms with E-state index in [4.69, 9.17) is 9.84 Å². The van der Waals surface area contributed by atoms with Crippen molar-refractivity contribution in [2.24, 2.45) is 0 Å². The summed E-state index contributed by atoms with van der Waals surface area (Å²) in [5.41, 5.74) is 3.38. The summed E-state index contributed by atoms with van der Waals surface area (Å²) in [5, 5.41) is 12.3. The Morgan fingerprint density at radius 3 is 2.74 bits per heavy atom. The maximum Gasteiger partial charge on any atom is 0.320 e. The number of aryl methyl sites for hydroxylation is 1. The summed E-state index contributed by atoms with van der Waals surface area (Å²) in [6.07, 6.45) is 2.56. The van der Waals surface area contributed by atoms with E-state index in [2.05, 4.69) is 18.3 Å². The van der Waals surface area contributed by atoms with Crippen molar-refractivity contribution in [2.75, 3.05) is 7.11 Å². The second-order valence-corrected chi connectivity index (χ2v) is 5.17. The van der Waals surface area contributed by atoms with Gasteiger partial charge in [0.05, 0.1) is 7.11 Å². The highest BCUT2D eigenvalue weighted by molar-refractivity contribution is 5.73. The fraction of sp³-hybridized carbons (Fsp3) is 0.533. The van der Waals surface area contributed by atoms with E-state index in [-0.39, 0.29) is 6.04 Å². The van der Waals surface area contributed by atoms with Gasteiger partial charge in [-0.3, -0.25) is 10.1 Å². The minimum absolute atomic E-state index is 0.0594. The van der Waals surface area contributed by atoms with Crippen LogP contribution in [0.25, 0.3) is 0 Å². The summed E-state index contributed by atoms with van der Waals surface area (Å²) in [4.78, 5) is 11.1. The summed E-state index contributed by atoms with van der Waals surface area (Å²) >= 11 is 0. The number of carbonyl (C=O) groups is 1. The van der Waals surface area contributed by atoms with Gasteiger partial charge in [-0.25, -0.2) is 0 Å². The van der Waals surface area contributed by atoms with Crippen molar-refractivity contribution in [2.45, 2.75) is 45.2 Å². The molecule has 0 aromatic heterocycles. The van der Waals surface area contributed by atoms with E-state index >= 15 is 0 Å². The van der Waals surface area contributed by atoms with E-state index in [1.54, 1.807) is 7.11 Å². The van der Waals surface area contributed by atoms with E-state index in [9.17, 15) is 4.79 Å². The van der Waals surface area contributed by atoms with Crippen LogP contribution in [0.2, 0.25) is 0 Å². The maximum absolute atomic E-state index is 11.1. The second kappa shape index (κ2) is 5.61. The van der Waals surface area contributed by atoms with Gasteiger partial charge in [-0.2, -0.15) is 0 Å². The van der Waals surface area contributed by atoms with Crippen LogP contribution in [0, 0.1) is 13.8 Å². The van der Waals surface area contributed by atoms with Crippen molar-refractivity contribution in [1.82, 2.24) is 5.32 Å². The van der Waals surface area contributed by atoms with Crippen LogP contribution in [-0.4, -0.2) is 24.2 Å². The van der Waals surface area contributed by atoms with Crippen molar-refractivity contribution in [3.63, 3.8) is 0 Å². The Kier molecular flexibility index (Phi) is 4.10. The molecule has 2 atom stereocenters. The topological polar surface area (TPSA) is 58.6 Å². The first-order valence-electron chi connectivity index (χ1n) is 6.67. The van der Waals surface area contributed by atoms with Gasteiger partial charge in [0.15, 0.2) is 0 Å². The second-order valence-electron chi connectivity index (χ2n) is 5.17. The smallest absolute Gasteiger partial charge is 0.320 e. The van der Waals surface area contributed by atoms with Crippen LogP contribution in [-0.2, 0) is 4.79 Å². The minimum Gasteiger partial charge on any atom is -0.496 e. The van der Waals surface area contributed by atoms with Gasteiger partial charge in [0, 0.05) is 11.6 Å². The number of hydrogen-bond acceptors (Lipinski definition) is 3. The molecule has 0 saturated carbocycles. The number of piperidine rings is 1. The van der Waals surface area contributed by atoms with E-state index in [1.165, 1.54) is 5.56 Å². The number of carboxylic acid groups (broad SMARTS) is 1. The number of ether oxygens (including phenoxy) is 1. The van der Waals surface area contributed by atoms with Crippen molar-refractivity contribution in [3.05, 3.63) is 28.8 Å². The van der Waals surface area contributed by atoms with Gasteiger partial charge >= 0.3 is 5.97 Å². The fourth-order valence-corrected chi connectivity index (χ4v) is 2.73. The lowest BCUT2D eigenvalue weighted by Gasteiger charge is -2.30. The molecule has 1 aliphatic heterocycles. The van der Waals surface area contributed by atoms with Crippen LogP contribution in [0.1, 0.15) is 42.0 Å². The molecule has 1 aliphatic rings. The Morgan fingerprint density at radius 1 is 1.37 bits per heavy atom. The minimum atomic E-state index is -0.771. The molecule has 19 heavy (non-hydrogen) atoms. The fourth-order valence-electron chi connectivity index (χ4n) is 2.73. The van der Waals surface area contributed by atoms with E-state index in [0.29, 0.717) is 6.42 Å². The first-order valence-corrected chi connectivity index (χ1v) is 6.67. The summed E-state index contributed by atoms with van der Waals surface area (Å²) < 4.78 is 5.52. The highest BCUT2D eigenvalue weighted by atomic mass is 16.5. The predicted molar refractivity (Wildman–Crippen MR) is 73.6 cm³/mol. The first-order chi connectivity index (χ1) is 9.04. The standard InChI is InChI=1S/C15H21NO3/c1-9-7-8-11(14(19-3)10(9)2)12-5-4-6-13(16-12)15(17)18/h7-8,12-13,16H,4-6H2,1-3H3,(H,17,18). The summed E-state index contributed by atoms with van der Waals surface area (Å²) in [6.45, 7) is 4.09. The zero-order valence-corrected chi connectivity index (χ0v) is 11.7. The molecule has 4 nitrogen and oxygen atoms in total. The van der Waals surface area contributed by atoms with Crippen LogP contribution in [0.15, 0.2) is 12.1 Å². The van der Waals surface area contributed by atoms with Gasteiger partial charge in [0.25, 0.3) is 0 Å². The summed E-state index contributed by atoms with van der Waals surface area (Å²) in [6, 6.07) is 3.72. The third kappa shape index (κ3) is 2.73. The lowest BCUT2D eigenvalue weighted by Crippen LogP contribution is -2.42. The molecule has 0 aliphatic carbocycles. The van der Waals surface area contributed by atoms with Crippen LogP contribution in [0.5, 0.6) is 5.75 Å². The Balaban J connectivity index is 2.31. The molecule has 0 spiro atoms. The molecule has 1 saturated heterocycles. The van der Waals surface area contributed by atoms with Crippen LogP contribution < -0.4 is 10.1 Å². The number of benzene rings is 1. The van der Waals surface area contributed by atoms with Crippen molar-refractivity contribution in [3.8, 4) is 5.75 Å². The Hall–Kier alpha value is -1.55. The molecular formula is C15H21NO3. The molecular weight excluding hydrogens is 242 g/mol. The lowest BCUT2D eigenvalue weighted by molar-refractivity contribution is -0.140. The van der Waals surface area contributed by atoms with Crippen LogP contribution in [0.3, 0.4) is 0 Å². The highest BCUT2D eigenvalue weighted by Gasteiger charge is 2.28. The number of nitrogens with one attached hydrogen (secondary N) is 1. The van der Waals surface area contributed by atoms with Gasteiger partial charge in [-0.05, 0) is 44.2 Å². The molecule has 0 amide bonds. The number of carboxylic acids is 1. The average molecular weight is 263 g/mol. The Bertz CT molecular complexity index is 485. The zero-order valence-electron chi connectivity index (χ0n) is 11.7. The first kappa shape index (κ1) is 13.9. The third-order valence-corrected chi connectivity index (χ3v) is 3.97. The Labute approximate surface area is 113 Å². The van der Waals surface area contributed by atoms with Gasteiger partial charge < -0.3 is 9.84 Å². The van der Waals surface area contributed by atoms with E-state index < -0.39 is 12.0 Å². The third-order valence-electron chi connectivity index (χ3n) is 3.97. The lowest BCUT2D eigenvalue weighted by atomic mass is 9.91. The van der Waals surface area contributed by atoms with E-state index in [1.807, 2.05) is 13.0 Å². The summed E-state index contributed by atoms with van der Waals surface area (Å²) in [7, 11) is 1.67. The van der Waals surface area contributed by atoms with Crippen molar-refractivity contribution in [1.29, 1.82) is 0 Å². The van der Waals surface area contributed by atoms with Crippen molar-refractivity contribution < 1.29 is 14.6 Å². The Morgan fingerprint density at radius 2 is 2.11 bits per heavy atom. The van der Waals surface area contributed by atoms with Crippen LogP contribution in [0.4, 0.5) is 0 Å². The monoisotopic (exact) mass is 263 g/mol. The molecule has 4 heteroatoms. The molecule has 1 aromatic rings. The molecule has 2 unspecified atom stereocenters. The highest BCUT2D eigenvalue weighted by Crippen LogP contribution is 2.35. The van der Waals surface area contributed by atoms with Gasteiger partial charge in [-0.15, -0.1) is 0 Å². The molecule has 0 radical (unpaired) electrons. The predicted octanol–water partition coefficient (Wildman–Crippen LogP) is 2.58. The van der Waals surface area contributed by atoms with Crippen LogP contribution >= 0.6 is 0 Å². The number of methoxy groups -OCH3 is 1. The molecule has 0 bridgehead atoms. The quantitative estimate of drug-likeness (QED) is 0.880. The largest absolute Gasteiger partial charge is 0.496 e. The van der Waals surface area contributed by atoms with Gasteiger partial charge in [0.1, 0.15) is 11.8 Å². The SMILES string of the molecule is COc1c(C2CCCC(C(=O)O)N2)ccc(C)c1C. The molecule has 2 N–H and O–H groups in total. The molecule has 1 heterocycles. The molecule has 2 rings (SSSR count). The van der Waals surface area contributed by atoms with Gasteiger partial charge in [0.2, 0.25) is 0 Å². The number of hydrogen-bond donors (Lipinski definition) is 2. The molecule has 1 aromatic carbocycles. The normalized spacial score (nSPS) is 23.1. The molecule has 104 valence electrons. The van der Waals surface area contributed by atoms with Crippen molar-refractivity contribution >= 4 is 5.97 Å².